The van der Waals surface area contributed by atoms with E-state index in [4.69, 9.17) is 0 Å². The summed E-state index contributed by atoms with van der Waals surface area (Å²) < 4.78 is 0. The summed E-state index contributed by atoms with van der Waals surface area (Å²) in [4.78, 5) is 0. The molecule has 0 heteroatoms. The van der Waals surface area contributed by atoms with Crippen LogP contribution in [0.2, 0.25) is 0 Å². The smallest absolute Gasteiger partial charge is 0.0251 e. The van der Waals surface area contributed by atoms with Crippen LogP contribution in [0.4, 0.5) is 0 Å². The second-order valence-corrected chi connectivity index (χ2v) is 4.33. The molecule has 0 saturated heterocycles. The van der Waals surface area contributed by atoms with E-state index < -0.39 is 0 Å². The zero-order chi connectivity index (χ0) is 10.6. The maximum absolute atomic E-state index is 3.73. The van der Waals surface area contributed by atoms with Gasteiger partial charge in [-0.1, -0.05) is 36.6 Å². The highest BCUT2D eigenvalue weighted by Crippen LogP contribution is 2.11. The van der Waals surface area contributed by atoms with E-state index in [2.05, 4.69) is 39.2 Å². The predicted octanol–water partition coefficient (Wildman–Crippen LogP) is 3.73. The van der Waals surface area contributed by atoms with Gasteiger partial charge in [-0.25, -0.2) is 0 Å². The van der Waals surface area contributed by atoms with Crippen LogP contribution in [-0.2, 0) is 0 Å². The Morgan fingerprint density at radius 3 is 2.57 bits per heavy atom. The van der Waals surface area contributed by atoms with Gasteiger partial charge in [0, 0.05) is 11.0 Å². The topological polar surface area (TPSA) is 0 Å². The Morgan fingerprint density at radius 2 is 2.00 bits per heavy atom. The van der Waals surface area contributed by atoms with Crippen molar-refractivity contribution in [3.05, 3.63) is 42.0 Å². The highest BCUT2D eigenvalue weighted by atomic mass is 14.1. The summed E-state index contributed by atoms with van der Waals surface area (Å²) in [6.07, 6.45) is 1.84. The van der Waals surface area contributed by atoms with Gasteiger partial charge in [-0.3, -0.25) is 0 Å². The van der Waals surface area contributed by atoms with Crippen molar-refractivity contribution in [2.45, 2.75) is 20.8 Å². The van der Waals surface area contributed by atoms with Crippen molar-refractivity contribution in [1.82, 2.24) is 0 Å². The van der Waals surface area contributed by atoms with Crippen molar-refractivity contribution in [2.75, 3.05) is 0 Å². The van der Waals surface area contributed by atoms with E-state index in [-0.39, 0.29) is 5.41 Å². The molecule has 0 saturated carbocycles. The quantitative estimate of drug-likeness (QED) is 0.583. The van der Waals surface area contributed by atoms with Gasteiger partial charge in [-0.05, 0) is 38.5 Å². The van der Waals surface area contributed by atoms with E-state index in [1.165, 1.54) is 0 Å². The van der Waals surface area contributed by atoms with Crippen LogP contribution >= 0.6 is 0 Å². The maximum Gasteiger partial charge on any atom is 0.0251 e. The Labute approximate surface area is 86.7 Å². The van der Waals surface area contributed by atoms with E-state index in [1.807, 2.05) is 30.3 Å². The summed E-state index contributed by atoms with van der Waals surface area (Å²) in [5, 5.41) is 0. The standard InChI is InChI=1S/C14H16/c1-5-12-7-6-8-13(11-12)9-10-14(2,3)4/h5-8,11H,1H2,2-4H3. The lowest BCUT2D eigenvalue weighted by molar-refractivity contribution is 0.571. The first-order chi connectivity index (χ1) is 6.51. The Kier molecular flexibility index (Phi) is 3.14. The van der Waals surface area contributed by atoms with E-state index in [9.17, 15) is 0 Å². The molecule has 0 heterocycles. The van der Waals surface area contributed by atoms with Crippen molar-refractivity contribution < 1.29 is 0 Å². The molecule has 0 unspecified atom stereocenters. The Hall–Kier alpha value is -1.48. The molecule has 0 spiro atoms. The summed E-state index contributed by atoms with van der Waals surface area (Å²) in [5.41, 5.74) is 2.23. The molecular formula is C14H16. The molecule has 72 valence electrons. The summed E-state index contributed by atoms with van der Waals surface area (Å²) >= 11 is 0. The summed E-state index contributed by atoms with van der Waals surface area (Å²) in [5.74, 6) is 6.37. The third kappa shape index (κ3) is 3.49. The van der Waals surface area contributed by atoms with E-state index in [0.717, 1.165) is 11.1 Å². The minimum atomic E-state index is 0.0597. The molecule has 0 aliphatic rings. The van der Waals surface area contributed by atoms with Crippen LogP contribution in [0.25, 0.3) is 6.08 Å². The van der Waals surface area contributed by atoms with Gasteiger partial charge in [0.15, 0.2) is 0 Å². The predicted molar refractivity (Wildman–Crippen MR) is 62.9 cm³/mol. The zero-order valence-corrected chi connectivity index (χ0v) is 9.09. The number of benzene rings is 1. The molecular weight excluding hydrogens is 168 g/mol. The normalized spacial score (nSPS) is 10.2. The second kappa shape index (κ2) is 4.15. The molecule has 0 nitrogen and oxygen atoms in total. The highest BCUT2D eigenvalue weighted by molar-refractivity contribution is 5.51. The van der Waals surface area contributed by atoms with Gasteiger partial charge in [-0.15, -0.1) is 0 Å². The van der Waals surface area contributed by atoms with Crippen molar-refractivity contribution in [3.63, 3.8) is 0 Å². The Bertz CT molecular complexity index is 380. The minimum Gasteiger partial charge on any atom is -0.0985 e. The fraction of sp³-hybridized carbons (Fsp3) is 0.286. The number of hydrogen-bond donors (Lipinski definition) is 0. The molecule has 0 fully saturated rings. The van der Waals surface area contributed by atoms with Gasteiger partial charge in [-0.2, -0.15) is 0 Å². The fourth-order valence-electron chi connectivity index (χ4n) is 1.00. The lowest BCUT2D eigenvalue weighted by Gasteiger charge is -2.06. The first kappa shape index (κ1) is 10.6. The number of hydrogen-bond acceptors (Lipinski definition) is 0. The molecule has 0 aliphatic carbocycles. The average Bonchev–Trinajstić information content (AvgIpc) is 2.14. The van der Waals surface area contributed by atoms with Crippen LogP contribution in [0.5, 0.6) is 0 Å². The SMILES string of the molecule is C=Cc1cccc(C#CC(C)(C)C)c1. The van der Waals surface area contributed by atoms with Crippen molar-refractivity contribution >= 4 is 6.08 Å². The van der Waals surface area contributed by atoms with E-state index in [1.54, 1.807) is 0 Å². The van der Waals surface area contributed by atoms with Gasteiger partial charge < -0.3 is 0 Å². The monoisotopic (exact) mass is 184 g/mol. The zero-order valence-electron chi connectivity index (χ0n) is 9.09. The molecule has 0 aliphatic heterocycles. The number of rotatable bonds is 1. The third-order valence-electron chi connectivity index (χ3n) is 1.70. The molecule has 0 aromatic heterocycles. The molecule has 1 aromatic rings. The lowest BCUT2D eigenvalue weighted by Crippen LogP contribution is -1.99. The van der Waals surface area contributed by atoms with Crippen LogP contribution in [0.15, 0.2) is 30.8 Å². The molecule has 14 heavy (non-hydrogen) atoms. The van der Waals surface area contributed by atoms with Gasteiger partial charge in [0.25, 0.3) is 0 Å². The molecule has 1 rings (SSSR count). The lowest BCUT2D eigenvalue weighted by atomic mass is 9.97. The third-order valence-corrected chi connectivity index (χ3v) is 1.70. The Balaban J connectivity index is 2.96. The Morgan fingerprint density at radius 1 is 1.29 bits per heavy atom. The molecule has 0 N–H and O–H groups in total. The highest BCUT2D eigenvalue weighted by Gasteiger charge is 2.03. The van der Waals surface area contributed by atoms with Crippen molar-refractivity contribution in [3.8, 4) is 11.8 Å². The second-order valence-electron chi connectivity index (χ2n) is 4.33. The molecule has 0 atom stereocenters. The van der Waals surface area contributed by atoms with Crippen LogP contribution in [0, 0.1) is 17.3 Å². The van der Waals surface area contributed by atoms with Crippen molar-refractivity contribution in [1.29, 1.82) is 0 Å². The van der Waals surface area contributed by atoms with Gasteiger partial charge in [0.2, 0.25) is 0 Å². The maximum atomic E-state index is 3.73. The molecule has 0 radical (unpaired) electrons. The van der Waals surface area contributed by atoms with Crippen molar-refractivity contribution in [2.24, 2.45) is 5.41 Å². The van der Waals surface area contributed by atoms with Crippen LogP contribution < -0.4 is 0 Å². The van der Waals surface area contributed by atoms with Crippen LogP contribution in [0.1, 0.15) is 31.9 Å². The summed E-state index contributed by atoms with van der Waals surface area (Å²) in [6, 6.07) is 8.09. The minimum absolute atomic E-state index is 0.0597. The molecule has 0 amide bonds. The summed E-state index contributed by atoms with van der Waals surface area (Å²) in [6.45, 7) is 10.1. The van der Waals surface area contributed by atoms with Gasteiger partial charge in [0.05, 0.1) is 0 Å². The van der Waals surface area contributed by atoms with E-state index in [0.29, 0.717) is 0 Å². The van der Waals surface area contributed by atoms with Crippen LogP contribution in [-0.4, -0.2) is 0 Å². The first-order valence-corrected chi connectivity index (χ1v) is 4.77. The molecule has 1 aromatic carbocycles. The fourth-order valence-corrected chi connectivity index (χ4v) is 1.00. The first-order valence-electron chi connectivity index (χ1n) is 4.77. The average molecular weight is 184 g/mol. The van der Waals surface area contributed by atoms with E-state index >= 15 is 0 Å². The van der Waals surface area contributed by atoms with Gasteiger partial charge >= 0.3 is 0 Å². The van der Waals surface area contributed by atoms with Gasteiger partial charge in [0.1, 0.15) is 0 Å². The molecule has 0 bridgehead atoms. The largest absolute Gasteiger partial charge is 0.0985 e. The van der Waals surface area contributed by atoms with Crippen LogP contribution in [0.3, 0.4) is 0 Å². The summed E-state index contributed by atoms with van der Waals surface area (Å²) in [7, 11) is 0.